The van der Waals surface area contributed by atoms with Crippen LogP contribution in [0.3, 0.4) is 0 Å². The van der Waals surface area contributed by atoms with Crippen LogP contribution in [0.2, 0.25) is 0 Å². The number of ether oxygens (including phenoxy) is 1. The highest BCUT2D eigenvalue weighted by Crippen LogP contribution is 2.17. The van der Waals surface area contributed by atoms with E-state index in [4.69, 9.17) is 4.74 Å². The first-order valence-electron chi connectivity index (χ1n) is 6.62. The molecule has 21 heavy (non-hydrogen) atoms. The first-order valence-corrected chi connectivity index (χ1v) is 6.62. The number of rotatable bonds is 3. The number of benzene rings is 1. The van der Waals surface area contributed by atoms with Gasteiger partial charge in [0.05, 0.1) is 18.5 Å². The number of carbonyl (C=O) groups is 1. The Morgan fingerprint density at radius 2 is 2.05 bits per heavy atom. The predicted molar refractivity (Wildman–Crippen MR) is 79.1 cm³/mol. The number of hydrogen-bond acceptors (Lipinski definition) is 4. The van der Waals surface area contributed by atoms with Crippen LogP contribution >= 0.6 is 0 Å². The van der Waals surface area contributed by atoms with Crippen LogP contribution in [0.4, 0.5) is 10.6 Å². The average molecular weight is 282 g/mol. The number of fused-ring (bicyclic) bond motifs is 1. The van der Waals surface area contributed by atoms with E-state index in [-0.39, 0.29) is 0 Å². The summed E-state index contributed by atoms with van der Waals surface area (Å²) in [5.74, 6) is 0.408. The van der Waals surface area contributed by atoms with E-state index < -0.39 is 6.09 Å². The summed E-state index contributed by atoms with van der Waals surface area (Å²) < 4.78 is 6.44. The van der Waals surface area contributed by atoms with Gasteiger partial charge in [0.25, 0.3) is 0 Å². The molecule has 1 aromatic carbocycles. The van der Waals surface area contributed by atoms with Gasteiger partial charge >= 0.3 is 6.09 Å². The second kappa shape index (κ2) is 5.62. The van der Waals surface area contributed by atoms with Crippen LogP contribution in [-0.4, -0.2) is 27.3 Å². The van der Waals surface area contributed by atoms with E-state index in [1.807, 2.05) is 42.5 Å². The zero-order valence-corrected chi connectivity index (χ0v) is 11.5. The summed E-state index contributed by atoms with van der Waals surface area (Å²) >= 11 is 0. The SMILES string of the molecule is CCOC(=O)Nc1cn2nc(-c3ccccc3)ccc2n1. The molecule has 6 nitrogen and oxygen atoms in total. The number of imidazole rings is 1. The molecule has 0 saturated carbocycles. The number of nitrogens with one attached hydrogen (secondary N) is 1. The minimum Gasteiger partial charge on any atom is -0.450 e. The van der Waals surface area contributed by atoms with E-state index in [2.05, 4.69) is 15.4 Å². The number of aromatic nitrogens is 3. The van der Waals surface area contributed by atoms with Gasteiger partial charge in [0.2, 0.25) is 0 Å². The standard InChI is InChI=1S/C15H14N4O2/c1-2-21-15(20)17-13-10-19-14(16-13)9-8-12(18-19)11-6-4-3-5-7-11/h3-10H,2H2,1H3,(H,17,20). The number of hydrogen-bond donors (Lipinski definition) is 1. The van der Waals surface area contributed by atoms with E-state index >= 15 is 0 Å². The van der Waals surface area contributed by atoms with Gasteiger partial charge in [-0.3, -0.25) is 5.32 Å². The lowest BCUT2D eigenvalue weighted by atomic mass is 10.1. The number of nitrogens with zero attached hydrogens (tertiary/aromatic N) is 3. The molecule has 0 fully saturated rings. The molecule has 1 amide bonds. The summed E-state index contributed by atoms with van der Waals surface area (Å²) in [5, 5.41) is 7.04. The molecule has 0 atom stereocenters. The quantitative estimate of drug-likeness (QED) is 0.802. The van der Waals surface area contributed by atoms with Crippen molar-refractivity contribution >= 4 is 17.6 Å². The van der Waals surface area contributed by atoms with Crippen molar-refractivity contribution in [3.8, 4) is 11.3 Å². The molecule has 106 valence electrons. The Bertz CT molecular complexity index is 768. The van der Waals surface area contributed by atoms with Crippen LogP contribution in [0.25, 0.3) is 16.9 Å². The largest absolute Gasteiger partial charge is 0.450 e. The van der Waals surface area contributed by atoms with Gasteiger partial charge in [-0.2, -0.15) is 5.10 Å². The molecule has 0 aliphatic rings. The van der Waals surface area contributed by atoms with Crippen LogP contribution in [0, 0.1) is 0 Å². The third-order valence-corrected chi connectivity index (χ3v) is 2.90. The third kappa shape index (κ3) is 2.84. The monoisotopic (exact) mass is 282 g/mol. The maximum Gasteiger partial charge on any atom is 0.412 e. The fourth-order valence-corrected chi connectivity index (χ4v) is 1.98. The molecule has 0 unspecified atom stereocenters. The normalized spacial score (nSPS) is 10.5. The number of carbonyl (C=O) groups excluding carboxylic acids is 1. The molecule has 0 spiro atoms. The predicted octanol–water partition coefficient (Wildman–Crippen LogP) is 2.96. The van der Waals surface area contributed by atoms with Crippen molar-refractivity contribution < 1.29 is 9.53 Å². The van der Waals surface area contributed by atoms with Crippen LogP contribution in [-0.2, 0) is 4.74 Å². The lowest BCUT2D eigenvalue weighted by molar-refractivity contribution is 0.168. The summed E-state index contributed by atoms with van der Waals surface area (Å²) in [6.45, 7) is 2.06. The smallest absolute Gasteiger partial charge is 0.412 e. The second-order valence-electron chi connectivity index (χ2n) is 4.36. The van der Waals surface area contributed by atoms with E-state index in [0.29, 0.717) is 18.1 Å². The summed E-state index contributed by atoms with van der Waals surface area (Å²) in [7, 11) is 0. The van der Waals surface area contributed by atoms with E-state index in [1.165, 1.54) is 0 Å². The van der Waals surface area contributed by atoms with Gasteiger partial charge in [-0.15, -0.1) is 0 Å². The zero-order chi connectivity index (χ0) is 14.7. The molecular formula is C15H14N4O2. The molecule has 0 radical (unpaired) electrons. The molecule has 6 heteroatoms. The number of amides is 1. The highest BCUT2D eigenvalue weighted by molar-refractivity contribution is 5.83. The summed E-state index contributed by atoms with van der Waals surface area (Å²) in [6, 6.07) is 13.6. The summed E-state index contributed by atoms with van der Waals surface area (Å²) in [5.41, 5.74) is 2.51. The van der Waals surface area contributed by atoms with Gasteiger partial charge in [0.1, 0.15) is 0 Å². The maximum atomic E-state index is 11.4. The van der Waals surface area contributed by atoms with Gasteiger partial charge in [0.15, 0.2) is 11.5 Å². The lowest BCUT2D eigenvalue weighted by Gasteiger charge is -2.00. The van der Waals surface area contributed by atoms with Crippen molar-refractivity contribution in [2.45, 2.75) is 6.92 Å². The first kappa shape index (κ1) is 13.1. The Hall–Kier alpha value is -2.89. The Balaban J connectivity index is 1.90. The molecule has 0 bridgehead atoms. The molecule has 2 aromatic heterocycles. The second-order valence-corrected chi connectivity index (χ2v) is 4.36. The Morgan fingerprint density at radius 1 is 1.24 bits per heavy atom. The van der Waals surface area contributed by atoms with E-state index in [1.54, 1.807) is 17.6 Å². The summed E-state index contributed by atoms with van der Waals surface area (Å²) in [4.78, 5) is 15.6. The van der Waals surface area contributed by atoms with Crippen molar-refractivity contribution in [3.63, 3.8) is 0 Å². The summed E-state index contributed by atoms with van der Waals surface area (Å²) in [6.07, 6.45) is 1.13. The van der Waals surface area contributed by atoms with Crippen molar-refractivity contribution in [1.82, 2.24) is 14.6 Å². The molecule has 0 saturated heterocycles. The van der Waals surface area contributed by atoms with Gasteiger partial charge in [-0.05, 0) is 19.1 Å². The van der Waals surface area contributed by atoms with E-state index in [0.717, 1.165) is 11.3 Å². The Kier molecular flexibility index (Phi) is 3.51. The minimum absolute atomic E-state index is 0.315. The van der Waals surface area contributed by atoms with Gasteiger partial charge < -0.3 is 4.74 Å². The molecule has 0 aliphatic carbocycles. The topological polar surface area (TPSA) is 68.5 Å². The van der Waals surface area contributed by atoms with Crippen LogP contribution in [0.1, 0.15) is 6.92 Å². The zero-order valence-electron chi connectivity index (χ0n) is 11.5. The third-order valence-electron chi connectivity index (χ3n) is 2.90. The average Bonchev–Trinajstić information content (AvgIpc) is 2.89. The van der Waals surface area contributed by atoms with Crippen LogP contribution in [0.15, 0.2) is 48.7 Å². The Labute approximate surface area is 121 Å². The van der Waals surface area contributed by atoms with Gasteiger partial charge in [-0.25, -0.2) is 14.3 Å². The highest BCUT2D eigenvalue weighted by Gasteiger charge is 2.08. The van der Waals surface area contributed by atoms with Crippen molar-refractivity contribution in [2.24, 2.45) is 0 Å². The molecule has 0 aliphatic heterocycles. The van der Waals surface area contributed by atoms with Crippen LogP contribution < -0.4 is 5.32 Å². The fourth-order valence-electron chi connectivity index (χ4n) is 1.98. The molecule has 1 N–H and O–H groups in total. The van der Waals surface area contributed by atoms with E-state index in [9.17, 15) is 4.79 Å². The maximum absolute atomic E-state index is 11.4. The van der Waals surface area contributed by atoms with Gasteiger partial charge in [-0.1, -0.05) is 30.3 Å². The minimum atomic E-state index is -0.524. The first-order chi connectivity index (χ1) is 10.3. The lowest BCUT2D eigenvalue weighted by Crippen LogP contribution is -2.13. The number of anilines is 1. The van der Waals surface area contributed by atoms with Crippen molar-refractivity contribution in [3.05, 3.63) is 48.7 Å². The van der Waals surface area contributed by atoms with Crippen molar-refractivity contribution in [1.29, 1.82) is 0 Å². The molecule has 3 aromatic rings. The fraction of sp³-hybridized carbons (Fsp3) is 0.133. The Morgan fingerprint density at radius 3 is 2.81 bits per heavy atom. The highest BCUT2D eigenvalue weighted by atomic mass is 16.5. The molecule has 3 rings (SSSR count). The molecular weight excluding hydrogens is 268 g/mol. The van der Waals surface area contributed by atoms with Gasteiger partial charge in [0, 0.05) is 5.56 Å². The van der Waals surface area contributed by atoms with Crippen molar-refractivity contribution in [2.75, 3.05) is 11.9 Å². The van der Waals surface area contributed by atoms with Crippen LogP contribution in [0.5, 0.6) is 0 Å². The molecule has 2 heterocycles.